The van der Waals surface area contributed by atoms with Crippen molar-refractivity contribution in [3.05, 3.63) is 0 Å². The fourth-order valence-electron chi connectivity index (χ4n) is 1.66. The van der Waals surface area contributed by atoms with Crippen LogP contribution in [0.5, 0.6) is 0 Å². The summed E-state index contributed by atoms with van der Waals surface area (Å²) >= 11 is 0. The van der Waals surface area contributed by atoms with Crippen molar-refractivity contribution in [2.75, 3.05) is 99.6 Å². The van der Waals surface area contributed by atoms with E-state index in [1.54, 1.807) is 14.0 Å². The van der Waals surface area contributed by atoms with E-state index in [9.17, 15) is 4.79 Å². The Morgan fingerprint density at radius 1 is 0.519 bits per heavy atom. The van der Waals surface area contributed by atoms with Gasteiger partial charge in [-0.2, -0.15) is 0 Å². The minimum atomic E-state index is -0.216. The van der Waals surface area contributed by atoms with Crippen LogP contribution in [-0.4, -0.2) is 106 Å². The Bertz CT molecular complexity index is 303. The maximum atomic E-state index is 10.9. The molecule has 0 atom stereocenters. The third-order valence-electron chi connectivity index (χ3n) is 3.07. The lowest BCUT2D eigenvalue weighted by Gasteiger charge is -2.08. The van der Waals surface area contributed by atoms with Crippen LogP contribution in [-0.2, 0) is 42.7 Å². The highest BCUT2D eigenvalue weighted by atomic mass is 16.6. The molecule has 0 N–H and O–H groups in total. The van der Waals surface area contributed by atoms with E-state index >= 15 is 0 Å². The molecule has 0 saturated heterocycles. The Morgan fingerprint density at radius 3 is 1.11 bits per heavy atom. The van der Waals surface area contributed by atoms with Crippen molar-refractivity contribution in [1.29, 1.82) is 0 Å². The minimum Gasteiger partial charge on any atom is -0.463 e. The fourth-order valence-corrected chi connectivity index (χ4v) is 1.66. The normalized spacial score (nSPS) is 11.0. The third kappa shape index (κ3) is 23.2. The molecule has 0 rings (SSSR count). The number of rotatable bonds is 22. The van der Waals surface area contributed by atoms with Crippen LogP contribution in [0.2, 0.25) is 0 Å². The SMILES string of the molecule is CCC(=O)OCCOCCOCCOCCOCCOCCOCCOC. The molecule has 0 spiro atoms. The Morgan fingerprint density at radius 2 is 0.815 bits per heavy atom. The number of esters is 1. The fraction of sp³-hybridized carbons (Fsp3) is 0.944. The Balaban J connectivity index is 3.00. The van der Waals surface area contributed by atoms with Gasteiger partial charge in [0.25, 0.3) is 0 Å². The zero-order valence-corrected chi connectivity index (χ0v) is 16.8. The summed E-state index contributed by atoms with van der Waals surface area (Å²) in [6, 6.07) is 0. The van der Waals surface area contributed by atoms with Gasteiger partial charge in [-0.05, 0) is 0 Å². The van der Waals surface area contributed by atoms with Crippen molar-refractivity contribution >= 4 is 5.97 Å². The molecule has 0 aliphatic heterocycles. The lowest BCUT2D eigenvalue weighted by atomic mass is 10.5. The number of ether oxygens (including phenoxy) is 8. The molecule has 0 aromatic heterocycles. The van der Waals surface area contributed by atoms with Gasteiger partial charge in [-0.1, -0.05) is 6.92 Å². The van der Waals surface area contributed by atoms with Crippen molar-refractivity contribution in [3.63, 3.8) is 0 Å². The quantitative estimate of drug-likeness (QED) is 0.194. The first-order valence-corrected chi connectivity index (χ1v) is 9.42. The van der Waals surface area contributed by atoms with E-state index in [1.165, 1.54) is 0 Å². The van der Waals surface area contributed by atoms with Gasteiger partial charge in [-0.25, -0.2) is 0 Å². The third-order valence-corrected chi connectivity index (χ3v) is 3.07. The van der Waals surface area contributed by atoms with Gasteiger partial charge in [0.05, 0.1) is 85.9 Å². The van der Waals surface area contributed by atoms with Gasteiger partial charge < -0.3 is 37.9 Å². The molecule has 0 heterocycles. The van der Waals surface area contributed by atoms with E-state index in [2.05, 4.69) is 0 Å². The van der Waals surface area contributed by atoms with Crippen LogP contribution in [0.15, 0.2) is 0 Å². The molecule has 0 unspecified atom stereocenters. The standard InChI is InChI=1S/C18H36O9/c1-3-18(19)27-17-16-26-15-14-25-13-12-24-11-10-23-9-8-22-7-6-21-5-4-20-2/h3-17H2,1-2H3. The molecule has 0 aliphatic rings. The largest absolute Gasteiger partial charge is 0.463 e. The van der Waals surface area contributed by atoms with Crippen LogP contribution in [0.1, 0.15) is 13.3 Å². The maximum Gasteiger partial charge on any atom is 0.305 e. The molecule has 27 heavy (non-hydrogen) atoms. The molecule has 0 radical (unpaired) electrons. The summed E-state index contributed by atoms with van der Waals surface area (Å²) in [7, 11) is 1.64. The van der Waals surface area contributed by atoms with Gasteiger partial charge in [0.15, 0.2) is 0 Å². The molecule has 0 bridgehead atoms. The molecule has 0 amide bonds. The molecular formula is C18H36O9. The second-order valence-electron chi connectivity index (χ2n) is 5.24. The first-order valence-electron chi connectivity index (χ1n) is 9.42. The summed E-state index contributed by atoms with van der Waals surface area (Å²) in [6.07, 6.45) is 0.382. The molecule has 0 fully saturated rings. The summed E-state index contributed by atoms with van der Waals surface area (Å²) in [5.74, 6) is -0.216. The smallest absolute Gasteiger partial charge is 0.305 e. The molecule has 9 heteroatoms. The van der Waals surface area contributed by atoms with E-state index in [0.29, 0.717) is 92.3 Å². The molecule has 9 nitrogen and oxygen atoms in total. The number of carbonyl (C=O) groups is 1. The Hall–Kier alpha value is -0.810. The van der Waals surface area contributed by atoms with Crippen molar-refractivity contribution in [2.45, 2.75) is 13.3 Å². The highest BCUT2D eigenvalue weighted by Gasteiger charge is 1.97. The van der Waals surface area contributed by atoms with E-state index in [4.69, 9.17) is 37.9 Å². The molecule has 0 saturated carbocycles. The zero-order chi connectivity index (χ0) is 19.8. The van der Waals surface area contributed by atoms with Gasteiger partial charge >= 0.3 is 5.97 Å². The Labute approximate surface area is 162 Å². The van der Waals surface area contributed by atoms with Crippen LogP contribution >= 0.6 is 0 Å². The summed E-state index contributed by atoms with van der Waals surface area (Å²) < 4.78 is 41.7. The van der Waals surface area contributed by atoms with Gasteiger partial charge in [-0.3, -0.25) is 4.79 Å². The number of hydrogen-bond acceptors (Lipinski definition) is 9. The minimum absolute atomic E-state index is 0.216. The summed E-state index contributed by atoms with van der Waals surface area (Å²) in [4.78, 5) is 10.9. The maximum absolute atomic E-state index is 10.9. The van der Waals surface area contributed by atoms with E-state index in [-0.39, 0.29) is 12.6 Å². The lowest BCUT2D eigenvalue weighted by Crippen LogP contribution is -2.15. The van der Waals surface area contributed by atoms with Gasteiger partial charge in [0, 0.05) is 13.5 Å². The van der Waals surface area contributed by atoms with Crippen LogP contribution in [0.25, 0.3) is 0 Å². The van der Waals surface area contributed by atoms with Crippen LogP contribution < -0.4 is 0 Å². The molecule has 0 aromatic rings. The lowest BCUT2D eigenvalue weighted by molar-refractivity contribution is -0.144. The second-order valence-corrected chi connectivity index (χ2v) is 5.24. The van der Waals surface area contributed by atoms with Gasteiger partial charge in [-0.15, -0.1) is 0 Å². The predicted molar refractivity (Wildman–Crippen MR) is 98.0 cm³/mol. The zero-order valence-electron chi connectivity index (χ0n) is 16.8. The summed E-state index contributed by atoms with van der Waals surface area (Å²) in [6.45, 7) is 8.76. The van der Waals surface area contributed by atoms with Crippen molar-refractivity contribution in [2.24, 2.45) is 0 Å². The molecular weight excluding hydrogens is 360 g/mol. The monoisotopic (exact) mass is 396 g/mol. The first kappa shape index (κ1) is 26.2. The second kappa shape index (κ2) is 23.2. The first-order chi connectivity index (χ1) is 13.3. The number of carbonyl (C=O) groups excluding carboxylic acids is 1. The van der Waals surface area contributed by atoms with E-state index in [0.717, 1.165) is 0 Å². The average Bonchev–Trinajstić information content (AvgIpc) is 2.68. The van der Waals surface area contributed by atoms with Gasteiger partial charge in [0.2, 0.25) is 0 Å². The topological polar surface area (TPSA) is 90.9 Å². The number of hydrogen-bond donors (Lipinski definition) is 0. The summed E-state index contributed by atoms with van der Waals surface area (Å²) in [5, 5.41) is 0. The molecule has 162 valence electrons. The molecule has 0 aliphatic carbocycles. The van der Waals surface area contributed by atoms with Gasteiger partial charge in [0.1, 0.15) is 6.61 Å². The van der Waals surface area contributed by atoms with E-state index < -0.39 is 0 Å². The predicted octanol–water partition coefficient (Wildman–Crippen LogP) is 0.686. The van der Waals surface area contributed by atoms with Crippen LogP contribution in [0.4, 0.5) is 0 Å². The van der Waals surface area contributed by atoms with Crippen molar-refractivity contribution in [3.8, 4) is 0 Å². The number of methoxy groups -OCH3 is 1. The average molecular weight is 396 g/mol. The summed E-state index contributed by atoms with van der Waals surface area (Å²) in [5.41, 5.74) is 0. The Kier molecular flexibility index (Phi) is 22.5. The van der Waals surface area contributed by atoms with Crippen LogP contribution in [0.3, 0.4) is 0 Å². The van der Waals surface area contributed by atoms with Crippen molar-refractivity contribution in [1.82, 2.24) is 0 Å². The highest BCUT2D eigenvalue weighted by Crippen LogP contribution is 1.87. The van der Waals surface area contributed by atoms with Crippen molar-refractivity contribution < 1.29 is 42.7 Å². The molecule has 0 aromatic carbocycles. The highest BCUT2D eigenvalue weighted by molar-refractivity contribution is 5.68. The van der Waals surface area contributed by atoms with Crippen LogP contribution in [0, 0.1) is 0 Å². The van der Waals surface area contributed by atoms with E-state index in [1.807, 2.05) is 0 Å².